The van der Waals surface area contributed by atoms with Crippen LogP contribution < -0.4 is 0 Å². The van der Waals surface area contributed by atoms with Crippen molar-refractivity contribution >= 4 is 0 Å². The summed E-state index contributed by atoms with van der Waals surface area (Å²) in [5.41, 5.74) is 0. The Morgan fingerprint density at radius 1 is 1.12 bits per heavy atom. The third kappa shape index (κ3) is 4.81. The lowest BCUT2D eigenvalue weighted by Gasteiger charge is -2.34. The van der Waals surface area contributed by atoms with E-state index in [4.69, 9.17) is 9.47 Å². The fourth-order valence-corrected chi connectivity index (χ4v) is 2.81. The molecule has 3 unspecified atom stereocenters. The number of hydrogen-bond acceptors (Lipinski definition) is 3. The summed E-state index contributed by atoms with van der Waals surface area (Å²) in [4.78, 5) is 0. The van der Waals surface area contributed by atoms with Crippen molar-refractivity contribution in [2.24, 2.45) is 17.8 Å². The van der Waals surface area contributed by atoms with Crippen LogP contribution in [0.4, 0.5) is 0 Å². The number of rotatable bonds is 6. The van der Waals surface area contributed by atoms with Gasteiger partial charge in [0.25, 0.3) is 0 Å². The van der Waals surface area contributed by atoms with Crippen molar-refractivity contribution in [2.45, 2.75) is 39.2 Å². The van der Waals surface area contributed by atoms with Gasteiger partial charge in [-0.15, -0.1) is 0 Å². The molecular formula is C13H26O3. The zero-order valence-corrected chi connectivity index (χ0v) is 10.8. The molecule has 0 amide bonds. The molecule has 0 aromatic rings. The van der Waals surface area contributed by atoms with Gasteiger partial charge < -0.3 is 14.6 Å². The van der Waals surface area contributed by atoms with Crippen molar-refractivity contribution in [3.63, 3.8) is 0 Å². The molecule has 1 aliphatic rings. The Balaban J connectivity index is 2.21. The van der Waals surface area contributed by atoms with Gasteiger partial charge in [-0.2, -0.15) is 0 Å². The van der Waals surface area contributed by atoms with E-state index in [1.807, 2.05) is 0 Å². The minimum Gasteiger partial charge on any atom is -0.390 e. The van der Waals surface area contributed by atoms with Crippen LogP contribution in [-0.2, 0) is 9.47 Å². The quantitative estimate of drug-likeness (QED) is 0.710. The van der Waals surface area contributed by atoms with E-state index in [2.05, 4.69) is 13.8 Å². The molecule has 0 aliphatic heterocycles. The average Bonchev–Trinajstić information content (AvgIpc) is 2.22. The van der Waals surface area contributed by atoms with E-state index < -0.39 is 0 Å². The fourth-order valence-electron chi connectivity index (χ4n) is 2.81. The second kappa shape index (κ2) is 7.25. The van der Waals surface area contributed by atoms with E-state index in [0.29, 0.717) is 25.7 Å². The average molecular weight is 230 g/mol. The van der Waals surface area contributed by atoms with E-state index in [1.165, 1.54) is 6.42 Å². The number of methoxy groups -OCH3 is 1. The molecule has 0 spiro atoms. The van der Waals surface area contributed by atoms with Crippen molar-refractivity contribution < 1.29 is 14.6 Å². The number of aliphatic hydroxyl groups excluding tert-OH is 1. The van der Waals surface area contributed by atoms with Crippen LogP contribution in [0.3, 0.4) is 0 Å². The van der Waals surface area contributed by atoms with E-state index >= 15 is 0 Å². The number of aliphatic hydroxyl groups is 1. The van der Waals surface area contributed by atoms with E-state index in [0.717, 1.165) is 24.7 Å². The molecule has 0 aromatic heterocycles. The summed E-state index contributed by atoms with van der Waals surface area (Å²) >= 11 is 0. The normalized spacial score (nSPS) is 32.6. The summed E-state index contributed by atoms with van der Waals surface area (Å²) in [7, 11) is 1.66. The molecule has 1 aliphatic carbocycles. The highest BCUT2D eigenvalue weighted by atomic mass is 16.5. The van der Waals surface area contributed by atoms with Gasteiger partial charge in [0, 0.05) is 7.11 Å². The summed E-state index contributed by atoms with van der Waals surface area (Å²) in [6, 6.07) is 0. The first-order valence-corrected chi connectivity index (χ1v) is 6.38. The van der Waals surface area contributed by atoms with Crippen LogP contribution in [0.5, 0.6) is 0 Å². The smallest absolute Gasteiger partial charge is 0.0801 e. The van der Waals surface area contributed by atoms with E-state index in [1.54, 1.807) is 7.11 Å². The molecule has 1 N–H and O–H groups in total. The predicted octanol–water partition coefficient (Wildman–Crippen LogP) is 2.08. The maximum atomic E-state index is 10.0. The van der Waals surface area contributed by atoms with Crippen molar-refractivity contribution in [3.05, 3.63) is 0 Å². The van der Waals surface area contributed by atoms with Gasteiger partial charge in [0.05, 0.1) is 25.9 Å². The molecule has 0 bridgehead atoms. The lowest BCUT2D eigenvalue weighted by Crippen LogP contribution is -2.32. The molecule has 0 saturated heterocycles. The molecule has 1 fully saturated rings. The highest BCUT2D eigenvalue weighted by Gasteiger charge is 2.28. The molecule has 3 atom stereocenters. The topological polar surface area (TPSA) is 38.7 Å². The lowest BCUT2D eigenvalue weighted by atomic mass is 9.74. The molecule has 1 saturated carbocycles. The van der Waals surface area contributed by atoms with Gasteiger partial charge in [0.2, 0.25) is 0 Å². The number of hydrogen-bond donors (Lipinski definition) is 1. The van der Waals surface area contributed by atoms with Crippen molar-refractivity contribution in [1.29, 1.82) is 0 Å². The third-order valence-electron chi connectivity index (χ3n) is 3.48. The Kier molecular flexibility index (Phi) is 6.32. The highest BCUT2D eigenvalue weighted by Crippen LogP contribution is 2.34. The summed E-state index contributed by atoms with van der Waals surface area (Å²) in [6.07, 6.45) is 3.27. The van der Waals surface area contributed by atoms with Crippen molar-refractivity contribution in [1.82, 2.24) is 0 Å². The Morgan fingerprint density at radius 3 is 2.31 bits per heavy atom. The first-order chi connectivity index (χ1) is 7.63. The van der Waals surface area contributed by atoms with Crippen LogP contribution in [0.25, 0.3) is 0 Å². The Bertz CT molecular complexity index is 174. The molecule has 0 aromatic carbocycles. The minimum absolute atomic E-state index is 0.304. The molecule has 3 heteroatoms. The molecule has 16 heavy (non-hydrogen) atoms. The summed E-state index contributed by atoms with van der Waals surface area (Å²) < 4.78 is 10.3. The lowest BCUT2D eigenvalue weighted by molar-refractivity contribution is -0.0276. The molecule has 0 heterocycles. The summed E-state index contributed by atoms with van der Waals surface area (Å²) in [5, 5.41) is 10.0. The second-order valence-corrected chi connectivity index (χ2v) is 5.31. The van der Waals surface area contributed by atoms with Gasteiger partial charge in [0.15, 0.2) is 0 Å². The van der Waals surface area contributed by atoms with Crippen LogP contribution in [0.1, 0.15) is 33.1 Å². The monoisotopic (exact) mass is 230 g/mol. The zero-order chi connectivity index (χ0) is 12.0. The highest BCUT2D eigenvalue weighted by molar-refractivity contribution is 4.79. The molecule has 1 rings (SSSR count). The van der Waals surface area contributed by atoms with Gasteiger partial charge in [-0.3, -0.25) is 0 Å². The van der Waals surface area contributed by atoms with Gasteiger partial charge in [-0.1, -0.05) is 13.8 Å². The maximum absolute atomic E-state index is 10.0. The maximum Gasteiger partial charge on any atom is 0.0801 e. The zero-order valence-electron chi connectivity index (χ0n) is 10.8. The fraction of sp³-hybridized carbons (Fsp3) is 1.00. The van der Waals surface area contributed by atoms with Crippen LogP contribution in [-0.4, -0.2) is 38.1 Å². The number of ether oxygens (including phenoxy) is 2. The summed E-state index contributed by atoms with van der Waals surface area (Å²) in [6.45, 7) is 6.19. The first-order valence-electron chi connectivity index (χ1n) is 6.38. The van der Waals surface area contributed by atoms with Gasteiger partial charge in [0.1, 0.15) is 0 Å². The van der Waals surface area contributed by atoms with Crippen LogP contribution in [0.2, 0.25) is 0 Å². The Labute approximate surface area is 99.1 Å². The van der Waals surface area contributed by atoms with E-state index in [-0.39, 0.29) is 6.10 Å². The largest absolute Gasteiger partial charge is 0.390 e. The predicted molar refractivity (Wildman–Crippen MR) is 64.4 cm³/mol. The van der Waals surface area contributed by atoms with Gasteiger partial charge in [-0.25, -0.2) is 0 Å². The SMILES string of the molecule is COCCOCC(O)C1CC(C)CC(C)C1. The van der Waals surface area contributed by atoms with Crippen LogP contribution in [0.15, 0.2) is 0 Å². The van der Waals surface area contributed by atoms with Gasteiger partial charge in [-0.05, 0) is 37.0 Å². The van der Waals surface area contributed by atoms with Crippen molar-refractivity contribution in [2.75, 3.05) is 26.9 Å². The molecule has 0 radical (unpaired) electrons. The van der Waals surface area contributed by atoms with Crippen LogP contribution in [0, 0.1) is 17.8 Å². The summed E-state index contributed by atoms with van der Waals surface area (Å²) in [5.74, 6) is 1.89. The van der Waals surface area contributed by atoms with Gasteiger partial charge >= 0.3 is 0 Å². The second-order valence-electron chi connectivity index (χ2n) is 5.31. The molecule has 96 valence electrons. The first kappa shape index (κ1) is 13.9. The Hall–Kier alpha value is -0.120. The molecular weight excluding hydrogens is 204 g/mol. The van der Waals surface area contributed by atoms with Crippen molar-refractivity contribution in [3.8, 4) is 0 Å². The van der Waals surface area contributed by atoms with E-state index in [9.17, 15) is 5.11 Å². The standard InChI is InChI=1S/C13H26O3/c1-10-6-11(2)8-12(7-10)13(14)9-16-5-4-15-3/h10-14H,4-9H2,1-3H3. The van der Waals surface area contributed by atoms with Crippen LogP contribution >= 0.6 is 0 Å². The Morgan fingerprint density at radius 2 is 1.75 bits per heavy atom. The minimum atomic E-state index is -0.304. The third-order valence-corrected chi connectivity index (χ3v) is 3.48. The molecule has 3 nitrogen and oxygen atoms in total.